The molecule has 0 amide bonds. The van der Waals surface area contributed by atoms with Gasteiger partial charge < -0.3 is 0 Å². The molecule has 1 heterocycles. The Balaban J connectivity index is 2.76. The highest BCUT2D eigenvalue weighted by molar-refractivity contribution is 4.62. The molecule has 0 saturated carbocycles. The van der Waals surface area contributed by atoms with Crippen molar-refractivity contribution in [1.29, 1.82) is 0 Å². The van der Waals surface area contributed by atoms with E-state index in [-0.39, 0.29) is 0 Å². The standard InChI is InChI=1S/C5H8NO/c1-2-6-4-3-5-7-6/h3-5H,2H2,1H3/q+1. The Bertz CT molecular complexity index is 123. The zero-order valence-corrected chi connectivity index (χ0v) is 4.29. The first-order valence-electron chi connectivity index (χ1n) is 2.37. The molecule has 0 aromatic carbocycles. The Hall–Kier alpha value is -0.790. The summed E-state index contributed by atoms with van der Waals surface area (Å²) in [4.78, 5) is 0. The van der Waals surface area contributed by atoms with E-state index in [1.807, 2.05) is 19.2 Å². The summed E-state index contributed by atoms with van der Waals surface area (Å²) in [6.07, 6.45) is 3.55. The summed E-state index contributed by atoms with van der Waals surface area (Å²) in [5, 5.41) is 0. The monoisotopic (exact) mass is 98.1 g/mol. The number of hydrogen-bond acceptors (Lipinski definition) is 1. The maximum absolute atomic E-state index is 4.90. The highest BCUT2D eigenvalue weighted by atomic mass is 16.5. The predicted molar refractivity (Wildman–Crippen MR) is 24.6 cm³/mol. The van der Waals surface area contributed by atoms with Gasteiger partial charge in [-0.15, -0.1) is 0 Å². The first-order valence-corrected chi connectivity index (χ1v) is 2.37. The molecule has 0 aliphatic rings. The van der Waals surface area contributed by atoms with E-state index in [0.29, 0.717) is 0 Å². The van der Waals surface area contributed by atoms with E-state index >= 15 is 0 Å². The topological polar surface area (TPSA) is 17.0 Å². The second-order valence-corrected chi connectivity index (χ2v) is 1.32. The van der Waals surface area contributed by atoms with Crippen LogP contribution in [0.25, 0.3) is 0 Å². The molecule has 0 aliphatic carbocycles. The average Bonchev–Trinajstić information content (AvgIpc) is 2.14. The quantitative estimate of drug-likeness (QED) is 0.470. The number of hydrogen-bond donors (Lipinski definition) is 0. The van der Waals surface area contributed by atoms with Gasteiger partial charge in [-0.05, 0) is 11.7 Å². The van der Waals surface area contributed by atoms with E-state index in [1.54, 1.807) is 11.0 Å². The van der Waals surface area contributed by atoms with Gasteiger partial charge in [0.25, 0.3) is 0 Å². The Morgan fingerprint density at radius 1 is 1.71 bits per heavy atom. The molecule has 7 heavy (non-hydrogen) atoms. The molecule has 1 aromatic rings. The number of aryl methyl sites for hydroxylation is 1. The van der Waals surface area contributed by atoms with Crippen molar-refractivity contribution in [3.63, 3.8) is 0 Å². The lowest BCUT2D eigenvalue weighted by Gasteiger charge is -1.72. The molecule has 2 heteroatoms. The van der Waals surface area contributed by atoms with Crippen LogP contribution < -0.4 is 4.74 Å². The molecule has 0 atom stereocenters. The molecule has 0 N–H and O–H groups in total. The van der Waals surface area contributed by atoms with Crippen molar-refractivity contribution in [3.05, 3.63) is 18.5 Å². The minimum Gasteiger partial charge on any atom is -0.245 e. The van der Waals surface area contributed by atoms with Gasteiger partial charge in [0.1, 0.15) is 0 Å². The van der Waals surface area contributed by atoms with Crippen LogP contribution >= 0.6 is 0 Å². The number of rotatable bonds is 1. The molecule has 1 rings (SSSR count). The van der Waals surface area contributed by atoms with E-state index < -0.39 is 0 Å². The van der Waals surface area contributed by atoms with Gasteiger partial charge in [0.15, 0.2) is 12.8 Å². The molecule has 1 aromatic heterocycles. The summed E-state index contributed by atoms with van der Waals surface area (Å²) in [6, 6.07) is 1.86. The highest BCUT2D eigenvalue weighted by Gasteiger charge is 1.91. The van der Waals surface area contributed by atoms with Gasteiger partial charge in [0, 0.05) is 6.07 Å². The SMILES string of the molecule is CC[n+]1ccco1. The third-order valence-corrected chi connectivity index (χ3v) is 0.839. The van der Waals surface area contributed by atoms with Crippen LogP contribution in [0.15, 0.2) is 23.0 Å². The molecule has 0 bridgehead atoms. The summed E-state index contributed by atoms with van der Waals surface area (Å²) in [5.41, 5.74) is 0. The van der Waals surface area contributed by atoms with Crippen LogP contribution in [0.3, 0.4) is 0 Å². The van der Waals surface area contributed by atoms with Crippen molar-refractivity contribution in [2.45, 2.75) is 13.5 Å². The Morgan fingerprint density at radius 2 is 2.57 bits per heavy atom. The van der Waals surface area contributed by atoms with Crippen LogP contribution in [0.5, 0.6) is 0 Å². The molecule has 0 aliphatic heterocycles. The van der Waals surface area contributed by atoms with Crippen LogP contribution in [0.4, 0.5) is 0 Å². The second-order valence-electron chi connectivity index (χ2n) is 1.32. The summed E-state index contributed by atoms with van der Waals surface area (Å²) >= 11 is 0. The number of aromatic nitrogens is 1. The largest absolute Gasteiger partial charge is 0.245 e. The minimum atomic E-state index is 0.910. The Kier molecular flexibility index (Phi) is 1.11. The van der Waals surface area contributed by atoms with Gasteiger partial charge in [-0.3, -0.25) is 0 Å². The maximum Gasteiger partial charge on any atom is 0.219 e. The molecule has 38 valence electrons. The van der Waals surface area contributed by atoms with E-state index in [4.69, 9.17) is 4.52 Å². The summed E-state index contributed by atoms with van der Waals surface area (Å²) < 4.78 is 6.65. The molecular weight excluding hydrogens is 90.1 g/mol. The number of nitrogens with zero attached hydrogens (tertiary/aromatic N) is 1. The molecule has 0 saturated heterocycles. The zero-order valence-electron chi connectivity index (χ0n) is 4.29. The molecule has 0 radical (unpaired) electrons. The lowest BCUT2D eigenvalue weighted by Crippen LogP contribution is -2.27. The molecule has 2 nitrogen and oxygen atoms in total. The van der Waals surface area contributed by atoms with E-state index in [2.05, 4.69) is 0 Å². The third-order valence-electron chi connectivity index (χ3n) is 0.839. The summed E-state index contributed by atoms with van der Waals surface area (Å²) in [7, 11) is 0. The van der Waals surface area contributed by atoms with Crippen LogP contribution in [0, 0.1) is 0 Å². The predicted octanol–water partition coefficient (Wildman–Crippen LogP) is 0.587. The van der Waals surface area contributed by atoms with Gasteiger partial charge in [-0.2, -0.15) is 0 Å². The Morgan fingerprint density at radius 3 is 2.86 bits per heavy atom. The first kappa shape index (κ1) is 4.37. The van der Waals surface area contributed by atoms with Crippen molar-refractivity contribution >= 4 is 0 Å². The molecule has 0 fully saturated rings. The zero-order chi connectivity index (χ0) is 5.11. The van der Waals surface area contributed by atoms with Crippen LogP contribution in [-0.2, 0) is 6.54 Å². The summed E-state index contributed by atoms with van der Waals surface area (Å²) in [6.45, 7) is 2.94. The van der Waals surface area contributed by atoms with Crippen molar-refractivity contribution in [2.75, 3.05) is 0 Å². The maximum atomic E-state index is 4.90. The van der Waals surface area contributed by atoms with Crippen molar-refractivity contribution in [3.8, 4) is 0 Å². The van der Waals surface area contributed by atoms with Crippen molar-refractivity contribution < 1.29 is 9.26 Å². The van der Waals surface area contributed by atoms with Gasteiger partial charge in [0.2, 0.25) is 6.20 Å². The minimum absolute atomic E-state index is 0.910. The molecule has 0 spiro atoms. The lowest BCUT2D eigenvalue weighted by molar-refractivity contribution is -0.861. The van der Waals surface area contributed by atoms with Gasteiger partial charge in [-0.1, -0.05) is 0 Å². The van der Waals surface area contributed by atoms with E-state index in [1.165, 1.54) is 0 Å². The lowest BCUT2D eigenvalue weighted by atomic mass is 10.7. The van der Waals surface area contributed by atoms with Crippen LogP contribution in [0.1, 0.15) is 6.92 Å². The normalized spacial score (nSPS) is 9.29. The van der Waals surface area contributed by atoms with Crippen molar-refractivity contribution in [2.24, 2.45) is 0 Å². The first-order chi connectivity index (χ1) is 3.43. The fourth-order valence-electron chi connectivity index (χ4n) is 0.460. The Labute approximate surface area is 42.3 Å². The second kappa shape index (κ2) is 1.78. The smallest absolute Gasteiger partial charge is 0.219 e. The third kappa shape index (κ3) is 0.796. The molecular formula is C5H8NO+. The fraction of sp³-hybridized carbons (Fsp3) is 0.400. The van der Waals surface area contributed by atoms with Gasteiger partial charge in [-0.25, -0.2) is 4.52 Å². The van der Waals surface area contributed by atoms with E-state index in [9.17, 15) is 0 Å². The van der Waals surface area contributed by atoms with Gasteiger partial charge in [0.05, 0.1) is 0 Å². The van der Waals surface area contributed by atoms with Gasteiger partial charge >= 0.3 is 0 Å². The van der Waals surface area contributed by atoms with Crippen LogP contribution in [-0.4, -0.2) is 0 Å². The summed E-state index contributed by atoms with van der Waals surface area (Å²) in [5.74, 6) is 0. The van der Waals surface area contributed by atoms with Crippen molar-refractivity contribution in [1.82, 2.24) is 0 Å². The van der Waals surface area contributed by atoms with Crippen LogP contribution in [0.2, 0.25) is 0 Å². The van der Waals surface area contributed by atoms with E-state index in [0.717, 1.165) is 6.54 Å². The average molecular weight is 98.1 g/mol. The highest BCUT2D eigenvalue weighted by Crippen LogP contribution is 1.73. The molecule has 0 unspecified atom stereocenters. The fourth-order valence-corrected chi connectivity index (χ4v) is 0.460.